The summed E-state index contributed by atoms with van der Waals surface area (Å²) in [7, 11) is 1.78. The summed E-state index contributed by atoms with van der Waals surface area (Å²) in [5.41, 5.74) is 2.51. The zero-order chi connectivity index (χ0) is 32.7. The van der Waals surface area contributed by atoms with E-state index in [4.69, 9.17) is 5.21 Å². The van der Waals surface area contributed by atoms with Crippen molar-refractivity contribution in [2.24, 2.45) is 0 Å². The van der Waals surface area contributed by atoms with Crippen molar-refractivity contribution >= 4 is 5.91 Å². The van der Waals surface area contributed by atoms with Gasteiger partial charge in [-0.2, -0.15) is 10.2 Å². The maximum absolute atomic E-state index is 14.8. The highest BCUT2D eigenvalue weighted by Gasteiger charge is 2.35. The predicted molar refractivity (Wildman–Crippen MR) is 163 cm³/mol. The summed E-state index contributed by atoms with van der Waals surface area (Å²) in [4.78, 5) is 30.2. The van der Waals surface area contributed by atoms with Crippen LogP contribution in [-0.4, -0.2) is 63.8 Å². The van der Waals surface area contributed by atoms with E-state index in [9.17, 15) is 23.5 Å². The molecule has 1 atom stereocenters. The molecule has 2 heterocycles. The van der Waals surface area contributed by atoms with Gasteiger partial charge in [0.2, 0.25) is 0 Å². The van der Waals surface area contributed by atoms with E-state index in [0.717, 1.165) is 42.5 Å². The van der Waals surface area contributed by atoms with Crippen LogP contribution in [0.3, 0.4) is 0 Å². The number of halogens is 2. The van der Waals surface area contributed by atoms with Gasteiger partial charge in [0, 0.05) is 36.8 Å². The molecule has 5 rings (SSSR count). The van der Waals surface area contributed by atoms with Crippen molar-refractivity contribution in [2.75, 3.05) is 13.6 Å². The highest BCUT2D eigenvalue weighted by atomic mass is 19.1. The van der Waals surface area contributed by atoms with Gasteiger partial charge in [-0.25, -0.2) is 38.0 Å². The van der Waals surface area contributed by atoms with Gasteiger partial charge in [0.05, 0.1) is 12.2 Å². The quantitative estimate of drug-likeness (QED) is 0.0964. The van der Waals surface area contributed by atoms with Crippen LogP contribution in [0, 0.1) is 11.6 Å². The minimum absolute atomic E-state index is 0.00949. The third-order valence-corrected chi connectivity index (χ3v) is 7.66. The summed E-state index contributed by atoms with van der Waals surface area (Å²) in [6.07, 6.45) is 6.52. The smallest absolute Gasteiger partial charge is 0.350 e. The van der Waals surface area contributed by atoms with Crippen LogP contribution in [0.2, 0.25) is 0 Å². The summed E-state index contributed by atoms with van der Waals surface area (Å²) in [5.74, 6) is -2.15. The molecule has 3 aromatic carbocycles. The third kappa shape index (κ3) is 7.77. The van der Waals surface area contributed by atoms with E-state index in [0.29, 0.717) is 24.3 Å². The summed E-state index contributed by atoms with van der Waals surface area (Å²) in [6, 6.07) is 17.4. The molecule has 1 amide bonds. The highest BCUT2D eigenvalue weighted by molar-refractivity contribution is 5.93. The van der Waals surface area contributed by atoms with Crippen molar-refractivity contribution in [1.82, 2.24) is 39.5 Å². The number of aryl methyl sites for hydroxylation is 2. The molecule has 0 bridgehead atoms. The van der Waals surface area contributed by atoms with E-state index in [1.54, 1.807) is 36.8 Å². The second kappa shape index (κ2) is 14.4. The van der Waals surface area contributed by atoms with Crippen molar-refractivity contribution < 1.29 is 23.9 Å². The van der Waals surface area contributed by atoms with Gasteiger partial charge < -0.3 is 5.11 Å². The minimum Gasteiger partial charge on any atom is -0.382 e. The van der Waals surface area contributed by atoms with Crippen LogP contribution in [0.1, 0.15) is 39.9 Å². The second-order valence-electron chi connectivity index (χ2n) is 11.2. The number of unbranched alkanes of at least 4 members (excludes halogenated alkanes) is 1. The molecule has 0 spiro atoms. The molecule has 0 saturated heterocycles. The van der Waals surface area contributed by atoms with Crippen LogP contribution in [0.25, 0.3) is 5.69 Å². The minimum atomic E-state index is -1.73. The normalized spacial score (nSPS) is 12.7. The maximum atomic E-state index is 14.8. The molecule has 2 aromatic heterocycles. The molecule has 0 aliphatic rings. The molecule has 1 unspecified atom stereocenters. The van der Waals surface area contributed by atoms with Gasteiger partial charge in [-0.1, -0.05) is 30.3 Å². The Morgan fingerprint density at radius 3 is 2.39 bits per heavy atom. The Morgan fingerprint density at radius 1 is 0.978 bits per heavy atom. The number of hydrogen-bond acceptors (Lipinski definition) is 8. The standard InChI is InChI=1S/C32H34F2N8O4/c1-39(18-32(45,19-40-21-35-20-36-40)28-14-11-26(33)16-29(28)34)17-24-7-12-27(13-8-24)41-22-37-42(31(41)44)15-3-2-4-23-5-9-25(10-6-23)30(43)38-46/h5-14,16,20-22,45-46H,2-4,15,17-19H2,1H3,(H,38,43). The monoisotopic (exact) mass is 632 g/mol. The molecule has 5 aromatic rings. The molecule has 0 fully saturated rings. The fourth-order valence-corrected chi connectivity index (χ4v) is 5.39. The molecule has 0 saturated carbocycles. The van der Waals surface area contributed by atoms with Crippen molar-refractivity contribution in [3.8, 4) is 5.69 Å². The van der Waals surface area contributed by atoms with Crippen LogP contribution in [0.5, 0.6) is 0 Å². The van der Waals surface area contributed by atoms with Crippen LogP contribution < -0.4 is 11.2 Å². The van der Waals surface area contributed by atoms with Crippen LogP contribution in [-0.2, 0) is 31.7 Å². The number of carbonyl (C=O) groups is 1. The zero-order valence-corrected chi connectivity index (χ0v) is 25.1. The van der Waals surface area contributed by atoms with Crippen molar-refractivity contribution in [1.29, 1.82) is 0 Å². The van der Waals surface area contributed by atoms with Gasteiger partial charge in [-0.05, 0) is 67.8 Å². The number of aliphatic hydroxyl groups is 1. The lowest BCUT2D eigenvalue weighted by Crippen LogP contribution is -2.43. The fraction of sp³-hybridized carbons (Fsp3) is 0.281. The molecule has 46 heavy (non-hydrogen) atoms. The first-order chi connectivity index (χ1) is 22.1. The Balaban J connectivity index is 1.18. The number of hydroxylamine groups is 1. The number of amides is 1. The Hall–Kier alpha value is -5.05. The van der Waals surface area contributed by atoms with E-state index >= 15 is 0 Å². The number of aromatic nitrogens is 6. The van der Waals surface area contributed by atoms with Gasteiger partial charge in [-0.3, -0.25) is 14.9 Å². The van der Waals surface area contributed by atoms with Gasteiger partial charge >= 0.3 is 5.69 Å². The lowest BCUT2D eigenvalue weighted by Gasteiger charge is -2.33. The van der Waals surface area contributed by atoms with Gasteiger partial charge in [0.25, 0.3) is 5.91 Å². The zero-order valence-electron chi connectivity index (χ0n) is 25.1. The lowest BCUT2D eigenvalue weighted by molar-refractivity contribution is -0.0175. The molecule has 0 aliphatic carbocycles. The number of hydrogen-bond donors (Lipinski definition) is 3. The molecule has 240 valence electrons. The van der Waals surface area contributed by atoms with E-state index in [-0.39, 0.29) is 24.3 Å². The Morgan fingerprint density at radius 2 is 1.72 bits per heavy atom. The number of nitrogens with one attached hydrogen (secondary N) is 1. The summed E-state index contributed by atoms with van der Waals surface area (Å²) < 4.78 is 32.7. The third-order valence-electron chi connectivity index (χ3n) is 7.66. The largest absolute Gasteiger partial charge is 0.382 e. The van der Waals surface area contributed by atoms with Gasteiger partial charge in [-0.15, -0.1) is 0 Å². The number of benzene rings is 3. The van der Waals surface area contributed by atoms with Crippen molar-refractivity contribution in [2.45, 2.75) is 44.5 Å². The molecule has 3 N–H and O–H groups in total. The van der Waals surface area contributed by atoms with Crippen LogP contribution in [0.15, 0.2) is 90.5 Å². The number of carbonyl (C=O) groups excluding carboxylic acids is 1. The average Bonchev–Trinajstić information content (AvgIpc) is 3.68. The summed E-state index contributed by atoms with van der Waals surface area (Å²) in [5, 5.41) is 28.6. The topological polar surface area (TPSA) is 143 Å². The van der Waals surface area contributed by atoms with Crippen molar-refractivity contribution in [3.05, 3.63) is 130 Å². The summed E-state index contributed by atoms with van der Waals surface area (Å²) >= 11 is 0. The highest BCUT2D eigenvalue weighted by Crippen LogP contribution is 2.28. The number of rotatable bonds is 14. The number of likely N-dealkylation sites (N-methyl/N-ethyl adjacent to an activating group) is 1. The van der Waals surface area contributed by atoms with Crippen LogP contribution >= 0.6 is 0 Å². The Labute approximate surface area is 263 Å². The Bertz CT molecular complexity index is 1810. The average molecular weight is 633 g/mol. The SMILES string of the molecule is CN(Cc1ccc(-n2cnn(CCCCc3ccc(C(=O)NO)cc3)c2=O)cc1)CC(O)(Cn1cncn1)c1ccc(F)cc1F. The molecular formula is C32H34F2N8O4. The van der Waals surface area contributed by atoms with Gasteiger partial charge in [0.15, 0.2) is 0 Å². The van der Waals surface area contributed by atoms with E-state index in [2.05, 4.69) is 15.2 Å². The Kier molecular flexibility index (Phi) is 10.1. The van der Waals surface area contributed by atoms with E-state index < -0.39 is 23.1 Å². The molecular weight excluding hydrogens is 598 g/mol. The predicted octanol–water partition coefficient (Wildman–Crippen LogP) is 3.07. The molecule has 0 radical (unpaired) electrons. The van der Waals surface area contributed by atoms with E-state index in [1.807, 2.05) is 29.2 Å². The first-order valence-corrected chi connectivity index (χ1v) is 14.6. The van der Waals surface area contributed by atoms with Crippen molar-refractivity contribution in [3.63, 3.8) is 0 Å². The van der Waals surface area contributed by atoms with Crippen LogP contribution in [0.4, 0.5) is 8.78 Å². The molecule has 14 heteroatoms. The number of nitrogens with zero attached hydrogens (tertiary/aromatic N) is 7. The second-order valence-corrected chi connectivity index (χ2v) is 11.2. The van der Waals surface area contributed by atoms with Gasteiger partial charge in [0.1, 0.15) is 36.2 Å². The molecule has 12 nitrogen and oxygen atoms in total. The summed E-state index contributed by atoms with van der Waals surface area (Å²) in [6.45, 7) is 0.764. The van der Waals surface area contributed by atoms with E-state index in [1.165, 1.54) is 39.0 Å². The lowest BCUT2D eigenvalue weighted by atomic mass is 9.92. The fourth-order valence-electron chi connectivity index (χ4n) is 5.39. The maximum Gasteiger partial charge on any atom is 0.350 e. The first kappa shape index (κ1) is 32.3. The molecule has 0 aliphatic heterocycles. The first-order valence-electron chi connectivity index (χ1n) is 14.6.